The summed E-state index contributed by atoms with van der Waals surface area (Å²) in [5, 5.41) is 21.4. The van der Waals surface area contributed by atoms with Gasteiger partial charge in [-0.1, -0.05) is 30.8 Å². The van der Waals surface area contributed by atoms with Crippen molar-refractivity contribution in [3.05, 3.63) is 81.9 Å². The number of nitro benzene ring substituents is 1. The van der Waals surface area contributed by atoms with Gasteiger partial charge in [-0.05, 0) is 18.2 Å². The first kappa shape index (κ1) is 18.8. The Kier molecular flexibility index (Phi) is 5.82. The molecule has 26 heavy (non-hydrogen) atoms. The third kappa shape index (κ3) is 3.93. The van der Waals surface area contributed by atoms with Gasteiger partial charge in [-0.2, -0.15) is 0 Å². The average molecular weight is 357 g/mol. The number of rotatable bonds is 6. The van der Waals surface area contributed by atoms with Crippen LogP contribution in [0.5, 0.6) is 5.75 Å². The van der Waals surface area contributed by atoms with Crippen LogP contribution >= 0.6 is 0 Å². The molecule has 0 saturated carbocycles. The number of ether oxygens (including phenoxy) is 2. The Bertz CT molecular complexity index is 875. The van der Waals surface area contributed by atoms with Crippen LogP contribution in [0.3, 0.4) is 0 Å². The van der Waals surface area contributed by atoms with Crippen LogP contribution in [0.15, 0.2) is 60.7 Å². The first-order chi connectivity index (χ1) is 12.4. The Morgan fingerprint density at radius 1 is 1.15 bits per heavy atom. The summed E-state index contributed by atoms with van der Waals surface area (Å²) >= 11 is 0. The molecule has 2 aromatic carbocycles. The second-order valence-corrected chi connectivity index (χ2v) is 5.12. The normalized spacial score (nSPS) is 11.3. The molecule has 0 aliphatic heterocycles. The highest BCUT2D eigenvalue weighted by molar-refractivity contribution is 5.96. The molecular weight excluding hydrogens is 342 g/mol. The highest BCUT2D eigenvalue weighted by atomic mass is 16.6. The lowest BCUT2D eigenvalue weighted by Crippen LogP contribution is -2.18. The van der Waals surface area contributed by atoms with E-state index < -0.39 is 28.5 Å². The average Bonchev–Trinajstić information content (AvgIpc) is 2.66. The summed E-state index contributed by atoms with van der Waals surface area (Å²) < 4.78 is 9.70. The fourth-order valence-electron chi connectivity index (χ4n) is 2.18. The molecular formula is C18H15NO7. The zero-order chi connectivity index (χ0) is 19.3. The van der Waals surface area contributed by atoms with E-state index in [2.05, 4.69) is 11.3 Å². The van der Waals surface area contributed by atoms with E-state index in [1.165, 1.54) is 49.6 Å². The number of carbonyl (C=O) groups is 2. The molecule has 0 fully saturated rings. The summed E-state index contributed by atoms with van der Waals surface area (Å²) in [5.41, 5.74) is -0.861. The van der Waals surface area contributed by atoms with E-state index in [1.807, 2.05) is 0 Å². The lowest BCUT2D eigenvalue weighted by atomic mass is 10.0. The summed E-state index contributed by atoms with van der Waals surface area (Å²) in [6.45, 7) is 3.46. The highest BCUT2D eigenvalue weighted by Gasteiger charge is 2.27. The lowest BCUT2D eigenvalue weighted by Gasteiger charge is -2.14. The Labute approximate surface area is 148 Å². The van der Waals surface area contributed by atoms with Gasteiger partial charge >= 0.3 is 11.9 Å². The first-order valence-corrected chi connectivity index (χ1v) is 7.36. The number of carbonyl (C=O) groups excluding carboxylic acids is 2. The lowest BCUT2D eigenvalue weighted by molar-refractivity contribution is -0.386. The summed E-state index contributed by atoms with van der Waals surface area (Å²) in [7, 11) is 1.18. The molecule has 8 heteroatoms. The molecule has 0 aliphatic rings. The molecule has 0 aromatic heterocycles. The molecule has 0 bridgehead atoms. The third-order valence-corrected chi connectivity index (χ3v) is 3.52. The number of para-hydroxylation sites is 2. The van der Waals surface area contributed by atoms with Crippen molar-refractivity contribution in [1.29, 1.82) is 0 Å². The molecule has 2 rings (SSSR count). The van der Waals surface area contributed by atoms with Crippen LogP contribution in [0.4, 0.5) is 5.69 Å². The maximum absolute atomic E-state index is 12.3. The largest absolute Gasteiger partial charge is 0.465 e. The smallest absolute Gasteiger partial charge is 0.341 e. The summed E-state index contributed by atoms with van der Waals surface area (Å²) in [5.74, 6) is -1.83. The summed E-state index contributed by atoms with van der Waals surface area (Å²) in [4.78, 5) is 34.4. The van der Waals surface area contributed by atoms with Crippen molar-refractivity contribution in [2.75, 3.05) is 7.11 Å². The fraction of sp³-hybridized carbons (Fsp3) is 0.111. The van der Waals surface area contributed by atoms with Gasteiger partial charge < -0.3 is 14.6 Å². The minimum Gasteiger partial charge on any atom is -0.465 e. The van der Waals surface area contributed by atoms with Gasteiger partial charge in [0.1, 0.15) is 17.4 Å². The van der Waals surface area contributed by atoms with Gasteiger partial charge in [0.15, 0.2) is 0 Å². The SMILES string of the molecule is C=C(C(=O)Oc1ccccc1C(=O)OC)C(O)c1ccccc1[N+](=O)[O-]. The van der Waals surface area contributed by atoms with Gasteiger partial charge in [0.2, 0.25) is 0 Å². The Morgan fingerprint density at radius 2 is 1.77 bits per heavy atom. The molecule has 1 atom stereocenters. The number of esters is 2. The molecule has 0 amide bonds. The van der Waals surface area contributed by atoms with Crippen LogP contribution in [0, 0.1) is 10.1 Å². The Balaban J connectivity index is 2.25. The van der Waals surface area contributed by atoms with Crippen molar-refractivity contribution >= 4 is 17.6 Å². The van der Waals surface area contributed by atoms with Crippen molar-refractivity contribution in [2.24, 2.45) is 0 Å². The van der Waals surface area contributed by atoms with Crippen LogP contribution in [-0.4, -0.2) is 29.1 Å². The van der Waals surface area contributed by atoms with Crippen LogP contribution in [0.1, 0.15) is 22.0 Å². The van der Waals surface area contributed by atoms with E-state index in [-0.39, 0.29) is 22.6 Å². The molecule has 0 spiro atoms. The minimum atomic E-state index is -1.64. The van der Waals surface area contributed by atoms with Crippen molar-refractivity contribution < 1.29 is 29.1 Å². The van der Waals surface area contributed by atoms with E-state index in [0.29, 0.717) is 0 Å². The predicted molar refractivity (Wildman–Crippen MR) is 90.6 cm³/mol. The number of hydrogen-bond donors (Lipinski definition) is 1. The Morgan fingerprint density at radius 3 is 2.42 bits per heavy atom. The van der Waals surface area contributed by atoms with E-state index in [4.69, 9.17) is 4.74 Å². The van der Waals surface area contributed by atoms with E-state index in [9.17, 15) is 24.8 Å². The van der Waals surface area contributed by atoms with E-state index in [0.717, 1.165) is 0 Å². The van der Waals surface area contributed by atoms with Crippen LogP contribution in [0.2, 0.25) is 0 Å². The third-order valence-electron chi connectivity index (χ3n) is 3.52. The van der Waals surface area contributed by atoms with Crippen molar-refractivity contribution in [1.82, 2.24) is 0 Å². The van der Waals surface area contributed by atoms with Crippen molar-refractivity contribution in [3.63, 3.8) is 0 Å². The van der Waals surface area contributed by atoms with Gasteiger partial charge in [-0.25, -0.2) is 9.59 Å². The molecule has 0 heterocycles. The van der Waals surface area contributed by atoms with E-state index in [1.54, 1.807) is 6.07 Å². The molecule has 1 unspecified atom stereocenters. The second-order valence-electron chi connectivity index (χ2n) is 5.12. The number of aliphatic hydroxyl groups excluding tert-OH is 1. The summed E-state index contributed by atoms with van der Waals surface area (Å²) in [6, 6.07) is 11.3. The quantitative estimate of drug-likeness (QED) is 0.278. The standard InChI is InChI=1S/C18H15NO7/c1-11(16(20)12-7-3-5-9-14(12)19(23)24)17(21)26-15-10-6-4-8-13(15)18(22)25-2/h3-10,16,20H,1H2,2H3. The van der Waals surface area contributed by atoms with Crippen LogP contribution < -0.4 is 4.74 Å². The number of hydrogen-bond acceptors (Lipinski definition) is 7. The molecule has 2 aromatic rings. The predicted octanol–water partition coefficient (Wildman–Crippen LogP) is 2.58. The van der Waals surface area contributed by atoms with Crippen LogP contribution in [-0.2, 0) is 9.53 Å². The van der Waals surface area contributed by atoms with Gasteiger partial charge in [0.25, 0.3) is 5.69 Å². The maximum atomic E-state index is 12.3. The molecule has 0 aliphatic carbocycles. The van der Waals surface area contributed by atoms with Gasteiger partial charge in [-0.3, -0.25) is 10.1 Å². The maximum Gasteiger partial charge on any atom is 0.341 e. The first-order valence-electron chi connectivity index (χ1n) is 7.36. The molecule has 0 saturated heterocycles. The van der Waals surface area contributed by atoms with E-state index >= 15 is 0 Å². The van der Waals surface area contributed by atoms with Gasteiger partial charge in [-0.15, -0.1) is 0 Å². The number of benzene rings is 2. The second kappa shape index (κ2) is 8.04. The molecule has 8 nitrogen and oxygen atoms in total. The van der Waals surface area contributed by atoms with Crippen LogP contribution in [0.25, 0.3) is 0 Å². The molecule has 0 radical (unpaired) electrons. The Hall–Kier alpha value is -3.52. The number of nitrogens with zero attached hydrogens (tertiary/aromatic N) is 1. The fourth-order valence-corrected chi connectivity index (χ4v) is 2.18. The molecule has 1 N–H and O–H groups in total. The number of methoxy groups -OCH3 is 1. The zero-order valence-electron chi connectivity index (χ0n) is 13.7. The number of aliphatic hydroxyl groups is 1. The number of nitro groups is 1. The summed E-state index contributed by atoms with van der Waals surface area (Å²) in [6.07, 6.45) is -1.64. The topological polar surface area (TPSA) is 116 Å². The zero-order valence-corrected chi connectivity index (χ0v) is 13.7. The monoisotopic (exact) mass is 357 g/mol. The van der Waals surface area contributed by atoms with Gasteiger partial charge in [0, 0.05) is 6.07 Å². The van der Waals surface area contributed by atoms with Crippen molar-refractivity contribution in [2.45, 2.75) is 6.10 Å². The van der Waals surface area contributed by atoms with Gasteiger partial charge in [0.05, 0.1) is 23.2 Å². The minimum absolute atomic E-state index is 0.0105. The van der Waals surface area contributed by atoms with Crippen molar-refractivity contribution in [3.8, 4) is 5.75 Å². The highest BCUT2D eigenvalue weighted by Crippen LogP contribution is 2.30. The molecule has 134 valence electrons.